The molecule has 2 heterocycles. The minimum absolute atomic E-state index is 0.553. The lowest BCUT2D eigenvalue weighted by Gasteiger charge is -2.25. The summed E-state index contributed by atoms with van der Waals surface area (Å²) in [5, 5.41) is 8.29. The highest BCUT2D eigenvalue weighted by atomic mass is 16.4. The highest BCUT2D eigenvalue weighted by Gasteiger charge is 2.29. The van der Waals surface area contributed by atoms with Gasteiger partial charge in [-0.1, -0.05) is 0 Å². The van der Waals surface area contributed by atoms with E-state index in [0.29, 0.717) is 12.0 Å². The third-order valence-electron chi connectivity index (χ3n) is 4.51. The first kappa shape index (κ1) is 14.0. The van der Waals surface area contributed by atoms with Crippen LogP contribution in [-0.2, 0) is 6.54 Å². The molecule has 20 heavy (non-hydrogen) atoms. The summed E-state index contributed by atoms with van der Waals surface area (Å²) in [6.07, 6.45) is 6.37. The fourth-order valence-electron chi connectivity index (χ4n) is 2.91. The number of likely N-dealkylation sites (tertiary alicyclic amines) is 1. The summed E-state index contributed by atoms with van der Waals surface area (Å²) >= 11 is 0. The average Bonchev–Trinajstić information content (AvgIpc) is 2.96. The second kappa shape index (κ2) is 6.22. The predicted octanol–water partition coefficient (Wildman–Crippen LogP) is 2.25. The van der Waals surface area contributed by atoms with E-state index >= 15 is 0 Å². The van der Waals surface area contributed by atoms with E-state index in [0.717, 1.165) is 24.9 Å². The van der Waals surface area contributed by atoms with Crippen LogP contribution in [0.25, 0.3) is 0 Å². The Morgan fingerprint density at radius 1 is 1.30 bits per heavy atom. The van der Waals surface area contributed by atoms with E-state index in [1.54, 1.807) is 0 Å². The molecule has 0 amide bonds. The Hall–Kier alpha value is -0.940. The number of hydrogen-bond acceptors (Lipinski definition) is 5. The number of rotatable bonds is 7. The minimum atomic E-state index is 0.553. The summed E-state index contributed by atoms with van der Waals surface area (Å²) in [6.45, 7) is 6.75. The molecule has 0 aromatic carbocycles. The van der Waals surface area contributed by atoms with Crippen LogP contribution in [0.4, 0.5) is 0 Å². The van der Waals surface area contributed by atoms with Crippen LogP contribution in [0.2, 0.25) is 0 Å². The maximum absolute atomic E-state index is 5.71. The van der Waals surface area contributed by atoms with E-state index in [1.165, 1.54) is 45.2 Å². The Balaban J connectivity index is 1.40. The van der Waals surface area contributed by atoms with E-state index in [-0.39, 0.29) is 0 Å². The lowest BCUT2D eigenvalue weighted by molar-refractivity contribution is 0.207. The summed E-state index contributed by atoms with van der Waals surface area (Å²) in [5.41, 5.74) is 0. The van der Waals surface area contributed by atoms with Crippen molar-refractivity contribution in [2.45, 2.75) is 57.5 Å². The molecule has 0 bridgehead atoms. The van der Waals surface area contributed by atoms with E-state index in [4.69, 9.17) is 4.42 Å². The Bertz CT molecular complexity index is 423. The summed E-state index contributed by atoms with van der Waals surface area (Å²) < 4.78 is 5.71. The fourth-order valence-corrected chi connectivity index (χ4v) is 2.91. The van der Waals surface area contributed by atoms with Crippen molar-refractivity contribution >= 4 is 0 Å². The first-order valence-corrected chi connectivity index (χ1v) is 7.97. The largest absolute Gasteiger partial charge is 0.424 e. The van der Waals surface area contributed by atoms with Gasteiger partial charge in [0, 0.05) is 12.0 Å². The van der Waals surface area contributed by atoms with Crippen molar-refractivity contribution in [3.63, 3.8) is 0 Å². The molecule has 1 saturated heterocycles. The van der Waals surface area contributed by atoms with E-state index < -0.39 is 0 Å². The van der Waals surface area contributed by atoms with Crippen LogP contribution >= 0.6 is 0 Å². The van der Waals surface area contributed by atoms with Crippen molar-refractivity contribution in [3.05, 3.63) is 11.8 Å². The highest BCUT2D eigenvalue weighted by molar-refractivity contribution is 5.00. The van der Waals surface area contributed by atoms with Crippen molar-refractivity contribution < 1.29 is 4.42 Å². The maximum atomic E-state index is 5.71. The van der Waals surface area contributed by atoms with Gasteiger partial charge in [0.2, 0.25) is 11.8 Å². The van der Waals surface area contributed by atoms with Gasteiger partial charge >= 0.3 is 0 Å². The smallest absolute Gasteiger partial charge is 0.230 e. The third kappa shape index (κ3) is 3.58. The van der Waals surface area contributed by atoms with Gasteiger partial charge in [0.05, 0.1) is 6.54 Å². The van der Waals surface area contributed by atoms with E-state index in [2.05, 4.69) is 34.0 Å². The zero-order valence-corrected chi connectivity index (χ0v) is 12.7. The van der Waals surface area contributed by atoms with Crippen molar-refractivity contribution in [1.29, 1.82) is 0 Å². The lowest BCUT2D eigenvalue weighted by Crippen LogP contribution is -2.33. The molecular formula is C15H26N4O. The zero-order valence-electron chi connectivity index (χ0n) is 12.7. The van der Waals surface area contributed by atoms with E-state index in [9.17, 15) is 0 Å². The molecule has 0 N–H and O–H groups in total. The topological polar surface area (TPSA) is 45.4 Å². The zero-order chi connectivity index (χ0) is 13.9. The molecule has 5 nitrogen and oxygen atoms in total. The molecule has 1 unspecified atom stereocenters. The maximum Gasteiger partial charge on any atom is 0.230 e. The second-order valence-corrected chi connectivity index (χ2v) is 6.43. The third-order valence-corrected chi connectivity index (χ3v) is 4.51. The van der Waals surface area contributed by atoms with Crippen LogP contribution in [0.1, 0.15) is 56.7 Å². The van der Waals surface area contributed by atoms with Gasteiger partial charge in [0.15, 0.2) is 0 Å². The summed E-state index contributed by atoms with van der Waals surface area (Å²) in [7, 11) is 2.14. The standard InChI is InChI=1S/C15H26N4O/c1-12(19-8-3-4-9-19)7-10-18(2)11-14-16-17-15(20-14)13-5-6-13/h12-13H,3-11H2,1-2H3. The van der Waals surface area contributed by atoms with Crippen LogP contribution in [0.3, 0.4) is 0 Å². The van der Waals surface area contributed by atoms with Crippen LogP contribution < -0.4 is 0 Å². The SMILES string of the molecule is CC(CCN(C)Cc1nnc(C2CC2)o1)N1CCCC1. The molecule has 2 aliphatic rings. The lowest BCUT2D eigenvalue weighted by atomic mass is 10.2. The number of nitrogens with zero attached hydrogens (tertiary/aromatic N) is 4. The highest BCUT2D eigenvalue weighted by Crippen LogP contribution is 2.39. The monoisotopic (exact) mass is 278 g/mol. The first-order chi connectivity index (χ1) is 9.72. The summed E-state index contributed by atoms with van der Waals surface area (Å²) in [6, 6.07) is 0.685. The summed E-state index contributed by atoms with van der Waals surface area (Å²) in [4.78, 5) is 4.89. The van der Waals surface area contributed by atoms with Gasteiger partial charge in [-0.3, -0.25) is 4.90 Å². The average molecular weight is 278 g/mol. The molecule has 1 saturated carbocycles. The van der Waals surface area contributed by atoms with Crippen LogP contribution in [0, 0.1) is 0 Å². The molecule has 1 atom stereocenters. The van der Waals surface area contributed by atoms with Gasteiger partial charge in [-0.25, -0.2) is 0 Å². The first-order valence-electron chi connectivity index (χ1n) is 7.97. The molecule has 3 rings (SSSR count). The Morgan fingerprint density at radius 3 is 2.75 bits per heavy atom. The van der Waals surface area contributed by atoms with Crippen LogP contribution in [0.5, 0.6) is 0 Å². The van der Waals surface area contributed by atoms with Gasteiger partial charge in [0.25, 0.3) is 0 Å². The van der Waals surface area contributed by atoms with Crippen molar-refractivity contribution in [2.24, 2.45) is 0 Å². The second-order valence-electron chi connectivity index (χ2n) is 6.43. The molecule has 2 fully saturated rings. The van der Waals surface area contributed by atoms with Crippen LogP contribution in [0.15, 0.2) is 4.42 Å². The van der Waals surface area contributed by atoms with Gasteiger partial charge < -0.3 is 9.32 Å². The molecule has 1 aromatic rings. The fraction of sp³-hybridized carbons (Fsp3) is 0.867. The number of hydrogen-bond donors (Lipinski definition) is 0. The molecule has 0 spiro atoms. The quantitative estimate of drug-likeness (QED) is 0.765. The van der Waals surface area contributed by atoms with E-state index in [1.807, 2.05) is 0 Å². The van der Waals surface area contributed by atoms with Gasteiger partial charge in [-0.15, -0.1) is 10.2 Å². The van der Waals surface area contributed by atoms with Crippen LogP contribution in [-0.4, -0.2) is 52.7 Å². The molecule has 0 radical (unpaired) electrons. The molecule has 1 aliphatic heterocycles. The van der Waals surface area contributed by atoms with Gasteiger partial charge in [-0.2, -0.15) is 0 Å². The molecule has 1 aromatic heterocycles. The van der Waals surface area contributed by atoms with Crippen molar-refractivity contribution in [3.8, 4) is 0 Å². The molecule has 112 valence electrons. The normalized spacial score (nSPS) is 21.8. The predicted molar refractivity (Wildman–Crippen MR) is 77.5 cm³/mol. The summed E-state index contributed by atoms with van der Waals surface area (Å²) in [5.74, 6) is 2.17. The minimum Gasteiger partial charge on any atom is -0.424 e. The Kier molecular flexibility index (Phi) is 4.36. The van der Waals surface area contributed by atoms with Crippen molar-refractivity contribution in [2.75, 3.05) is 26.7 Å². The van der Waals surface area contributed by atoms with Gasteiger partial charge in [0.1, 0.15) is 0 Å². The van der Waals surface area contributed by atoms with Gasteiger partial charge in [-0.05, 0) is 65.7 Å². The Labute approximate surface area is 121 Å². The molecule has 1 aliphatic carbocycles. The van der Waals surface area contributed by atoms with Crippen molar-refractivity contribution in [1.82, 2.24) is 20.0 Å². The molecular weight excluding hydrogens is 252 g/mol. The molecule has 5 heteroatoms. The number of aromatic nitrogens is 2. The Morgan fingerprint density at radius 2 is 2.05 bits per heavy atom.